The summed E-state index contributed by atoms with van der Waals surface area (Å²) in [5.74, 6) is 0.00720. The van der Waals surface area contributed by atoms with Crippen LogP contribution in [0.2, 0.25) is 0 Å². The van der Waals surface area contributed by atoms with Crippen LogP contribution in [-0.2, 0) is 4.79 Å². The molecule has 1 fully saturated rings. The lowest BCUT2D eigenvalue weighted by molar-refractivity contribution is -0.121. The van der Waals surface area contributed by atoms with Gasteiger partial charge in [-0.3, -0.25) is 4.79 Å². The molecule has 126 valence electrons. The highest BCUT2D eigenvalue weighted by Gasteiger charge is 2.28. The monoisotopic (exact) mass is 381 g/mol. The molecular formula is C17H24BrN3O2. The molecule has 2 rings (SSSR count). The molecule has 23 heavy (non-hydrogen) atoms. The van der Waals surface area contributed by atoms with Crippen LogP contribution in [0.5, 0.6) is 0 Å². The number of nitrogens with zero attached hydrogens (tertiary/aromatic N) is 2. The highest BCUT2D eigenvalue weighted by molar-refractivity contribution is 9.10. The maximum absolute atomic E-state index is 12.4. The number of carbonyl (C=O) groups excluding carboxylic acids is 2. The van der Waals surface area contributed by atoms with Crippen LogP contribution in [-0.4, -0.2) is 47.9 Å². The van der Waals surface area contributed by atoms with Crippen LogP contribution in [0.4, 0.5) is 10.5 Å². The fourth-order valence-electron chi connectivity index (χ4n) is 2.84. The van der Waals surface area contributed by atoms with Gasteiger partial charge in [-0.1, -0.05) is 22.0 Å². The maximum atomic E-state index is 12.4. The van der Waals surface area contributed by atoms with E-state index in [-0.39, 0.29) is 17.9 Å². The van der Waals surface area contributed by atoms with Crippen LogP contribution in [0.15, 0.2) is 28.7 Å². The number of urea groups is 1. The Labute approximate surface area is 146 Å². The van der Waals surface area contributed by atoms with Crippen molar-refractivity contribution in [2.75, 3.05) is 31.5 Å². The molecule has 6 heteroatoms. The average molecular weight is 382 g/mol. The van der Waals surface area contributed by atoms with Crippen molar-refractivity contribution in [3.05, 3.63) is 28.7 Å². The number of likely N-dealkylation sites (tertiary alicyclic amines) is 1. The molecule has 0 aliphatic carbocycles. The number of anilines is 1. The molecule has 0 radical (unpaired) electrons. The van der Waals surface area contributed by atoms with Crippen molar-refractivity contribution < 1.29 is 9.59 Å². The number of piperidine rings is 1. The Balaban J connectivity index is 1.86. The third-order valence-electron chi connectivity index (χ3n) is 4.26. The highest BCUT2D eigenvalue weighted by Crippen LogP contribution is 2.22. The highest BCUT2D eigenvalue weighted by atomic mass is 79.9. The molecule has 1 heterocycles. The summed E-state index contributed by atoms with van der Waals surface area (Å²) < 4.78 is 0.940. The molecule has 1 aromatic rings. The van der Waals surface area contributed by atoms with Gasteiger partial charge in [0.15, 0.2) is 0 Å². The Morgan fingerprint density at radius 2 is 1.91 bits per heavy atom. The summed E-state index contributed by atoms with van der Waals surface area (Å²) in [5.41, 5.74) is 0.797. The van der Waals surface area contributed by atoms with E-state index in [0.29, 0.717) is 25.9 Å². The molecular weight excluding hydrogens is 358 g/mol. The summed E-state index contributed by atoms with van der Waals surface area (Å²) in [5, 5.41) is 2.96. The van der Waals surface area contributed by atoms with Gasteiger partial charge in [0, 0.05) is 42.3 Å². The Morgan fingerprint density at radius 3 is 2.48 bits per heavy atom. The van der Waals surface area contributed by atoms with Gasteiger partial charge >= 0.3 is 6.03 Å². The minimum Gasteiger partial charge on any atom is -0.326 e. The molecule has 1 aliphatic rings. The van der Waals surface area contributed by atoms with Crippen molar-refractivity contribution in [1.82, 2.24) is 9.80 Å². The van der Waals surface area contributed by atoms with E-state index < -0.39 is 0 Å². The summed E-state index contributed by atoms with van der Waals surface area (Å²) in [6.07, 6.45) is 1.43. The maximum Gasteiger partial charge on any atom is 0.319 e. The third kappa shape index (κ3) is 4.70. The van der Waals surface area contributed by atoms with Gasteiger partial charge in [0.2, 0.25) is 5.91 Å². The lowest BCUT2D eigenvalue weighted by atomic mass is 9.96. The van der Waals surface area contributed by atoms with Crippen molar-refractivity contribution in [3.8, 4) is 0 Å². The van der Waals surface area contributed by atoms with E-state index in [0.717, 1.165) is 23.2 Å². The van der Waals surface area contributed by atoms with Crippen LogP contribution in [0, 0.1) is 5.92 Å². The molecule has 0 saturated carbocycles. The van der Waals surface area contributed by atoms with Gasteiger partial charge < -0.3 is 15.1 Å². The zero-order chi connectivity index (χ0) is 16.8. The fraction of sp³-hybridized carbons (Fsp3) is 0.529. The molecule has 1 aliphatic heterocycles. The van der Waals surface area contributed by atoms with Gasteiger partial charge in [-0.2, -0.15) is 0 Å². The largest absolute Gasteiger partial charge is 0.326 e. The second-order valence-corrected chi connectivity index (χ2v) is 6.63. The van der Waals surface area contributed by atoms with Gasteiger partial charge in [0.25, 0.3) is 0 Å². The minimum absolute atomic E-state index is 0.0327. The van der Waals surface area contributed by atoms with E-state index >= 15 is 0 Å². The first-order valence-electron chi connectivity index (χ1n) is 8.15. The van der Waals surface area contributed by atoms with E-state index in [9.17, 15) is 9.59 Å². The van der Waals surface area contributed by atoms with Gasteiger partial charge in [-0.05, 0) is 44.9 Å². The number of amides is 3. The number of carbonyl (C=O) groups is 2. The summed E-state index contributed by atoms with van der Waals surface area (Å²) in [4.78, 5) is 28.4. The van der Waals surface area contributed by atoms with Gasteiger partial charge in [0.1, 0.15) is 0 Å². The third-order valence-corrected chi connectivity index (χ3v) is 4.76. The SMILES string of the molecule is CCN(CC)C(=O)N1CCC(C(=O)Nc2cccc(Br)c2)CC1. The zero-order valence-electron chi connectivity index (χ0n) is 13.7. The molecule has 0 bridgehead atoms. The zero-order valence-corrected chi connectivity index (χ0v) is 15.3. The second-order valence-electron chi connectivity index (χ2n) is 5.72. The van der Waals surface area contributed by atoms with E-state index in [2.05, 4.69) is 21.2 Å². The smallest absolute Gasteiger partial charge is 0.319 e. The topological polar surface area (TPSA) is 52.7 Å². The number of benzene rings is 1. The van der Waals surface area contributed by atoms with Crippen molar-refractivity contribution >= 4 is 33.6 Å². The number of halogens is 1. The molecule has 1 aromatic carbocycles. The number of rotatable bonds is 4. The normalized spacial score (nSPS) is 15.3. The Bertz CT molecular complexity index is 553. The van der Waals surface area contributed by atoms with Crippen LogP contribution in [0.25, 0.3) is 0 Å². The van der Waals surface area contributed by atoms with Crippen molar-refractivity contribution in [2.45, 2.75) is 26.7 Å². The van der Waals surface area contributed by atoms with E-state index in [1.807, 2.05) is 47.9 Å². The van der Waals surface area contributed by atoms with E-state index in [1.54, 1.807) is 0 Å². The van der Waals surface area contributed by atoms with Crippen molar-refractivity contribution in [3.63, 3.8) is 0 Å². The van der Waals surface area contributed by atoms with Crippen LogP contribution in [0.3, 0.4) is 0 Å². The average Bonchev–Trinajstić information content (AvgIpc) is 2.56. The summed E-state index contributed by atoms with van der Waals surface area (Å²) >= 11 is 3.40. The molecule has 1 saturated heterocycles. The molecule has 3 amide bonds. The molecule has 0 unspecified atom stereocenters. The quantitative estimate of drug-likeness (QED) is 0.866. The number of hydrogen-bond acceptors (Lipinski definition) is 2. The first-order valence-corrected chi connectivity index (χ1v) is 8.94. The van der Waals surface area contributed by atoms with Gasteiger partial charge in [-0.25, -0.2) is 4.79 Å². The van der Waals surface area contributed by atoms with Gasteiger partial charge in [0.05, 0.1) is 0 Å². The number of nitrogens with one attached hydrogen (secondary N) is 1. The summed E-state index contributed by atoms with van der Waals surface area (Å²) in [6, 6.07) is 7.66. The van der Waals surface area contributed by atoms with E-state index in [4.69, 9.17) is 0 Å². The van der Waals surface area contributed by atoms with Crippen LogP contribution in [0.1, 0.15) is 26.7 Å². The molecule has 0 spiro atoms. The van der Waals surface area contributed by atoms with Crippen molar-refractivity contribution in [1.29, 1.82) is 0 Å². The predicted octanol–water partition coefficient (Wildman–Crippen LogP) is 3.56. The number of hydrogen-bond donors (Lipinski definition) is 1. The lowest BCUT2D eigenvalue weighted by Gasteiger charge is -2.34. The Hall–Kier alpha value is -1.56. The van der Waals surface area contributed by atoms with Crippen molar-refractivity contribution in [2.24, 2.45) is 5.92 Å². The van der Waals surface area contributed by atoms with E-state index in [1.165, 1.54) is 0 Å². The Morgan fingerprint density at radius 1 is 1.26 bits per heavy atom. The standard InChI is InChI=1S/C17H24BrN3O2/c1-3-20(4-2)17(23)21-10-8-13(9-11-21)16(22)19-15-7-5-6-14(18)12-15/h5-7,12-13H,3-4,8-11H2,1-2H3,(H,19,22). The first-order chi connectivity index (χ1) is 11.0. The minimum atomic E-state index is -0.0327. The molecule has 1 N–H and O–H groups in total. The predicted molar refractivity (Wildman–Crippen MR) is 95.4 cm³/mol. The molecule has 0 aromatic heterocycles. The first kappa shape index (κ1) is 17.8. The van der Waals surface area contributed by atoms with Crippen LogP contribution < -0.4 is 5.32 Å². The second kappa shape index (κ2) is 8.34. The summed E-state index contributed by atoms with van der Waals surface area (Å²) in [7, 11) is 0. The lowest BCUT2D eigenvalue weighted by Crippen LogP contribution is -2.47. The van der Waals surface area contributed by atoms with Crippen LogP contribution >= 0.6 is 15.9 Å². The summed E-state index contributed by atoms with van der Waals surface area (Å²) in [6.45, 7) is 6.70. The van der Waals surface area contributed by atoms with Gasteiger partial charge in [-0.15, -0.1) is 0 Å². The fourth-order valence-corrected chi connectivity index (χ4v) is 3.24. The molecule has 5 nitrogen and oxygen atoms in total. The Kier molecular flexibility index (Phi) is 6.45. The molecule has 0 atom stereocenters.